The number of likely N-dealkylation sites (N-methyl/N-ethyl adjacent to an activating group) is 1. The van der Waals surface area contributed by atoms with Crippen LogP contribution in [0.2, 0.25) is 0 Å². The summed E-state index contributed by atoms with van der Waals surface area (Å²) in [6.07, 6.45) is 0.223. The fraction of sp³-hybridized carbons (Fsp3) is 0.308. The summed E-state index contributed by atoms with van der Waals surface area (Å²) in [4.78, 5) is 29.6. The van der Waals surface area contributed by atoms with Crippen molar-refractivity contribution in [1.29, 1.82) is 0 Å². The summed E-state index contributed by atoms with van der Waals surface area (Å²) in [6, 6.07) is 21.8. The average Bonchev–Trinajstić information content (AvgIpc) is 3.20. The zero-order valence-corrected chi connectivity index (χ0v) is 18.7. The molecule has 0 aliphatic carbocycles. The quantitative estimate of drug-likeness (QED) is 0.621. The predicted octanol–water partition coefficient (Wildman–Crippen LogP) is 3.62. The Labute approximate surface area is 188 Å². The molecule has 6 nitrogen and oxygen atoms in total. The van der Waals surface area contributed by atoms with Crippen molar-refractivity contribution in [2.45, 2.75) is 12.5 Å². The molecule has 3 aromatic rings. The first-order chi connectivity index (χ1) is 15.5. The van der Waals surface area contributed by atoms with E-state index in [0.29, 0.717) is 13.1 Å². The van der Waals surface area contributed by atoms with Crippen LogP contribution >= 0.6 is 0 Å². The van der Waals surface area contributed by atoms with Crippen molar-refractivity contribution in [3.8, 4) is 5.75 Å². The van der Waals surface area contributed by atoms with E-state index in [1.165, 1.54) is 0 Å². The molecule has 4 rings (SSSR count). The smallest absolute Gasteiger partial charge is 0.227 e. The standard InChI is InChI=1S/C26H29N3O3/c1-28(2)24(19-10-6-11-21(14-19)32-3)16-27-26(31)20-15-25(30)29(17-20)23-13-7-9-18-8-4-5-12-22(18)23/h4-14,20,24H,15-17H2,1-3H3,(H,27,31). The molecule has 32 heavy (non-hydrogen) atoms. The predicted molar refractivity (Wildman–Crippen MR) is 127 cm³/mol. The number of nitrogens with zero attached hydrogens (tertiary/aromatic N) is 2. The summed E-state index contributed by atoms with van der Waals surface area (Å²) in [5.41, 5.74) is 1.93. The fourth-order valence-electron chi connectivity index (χ4n) is 4.35. The Morgan fingerprint density at radius 3 is 2.66 bits per heavy atom. The summed E-state index contributed by atoms with van der Waals surface area (Å²) < 4.78 is 5.34. The maximum absolute atomic E-state index is 13.0. The van der Waals surface area contributed by atoms with E-state index < -0.39 is 0 Å². The van der Waals surface area contributed by atoms with Crippen molar-refractivity contribution in [3.63, 3.8) is 0 Å². The Bertz CT molecular complexity index is 1120. The van der Waals surface area contributed by atoms with Gasteiger partial charge in [-0.3, -0.25) is 9.59 Å². The van der Waals surface area contributed by atoms with Gasteiger partial charge in [0.15, 0.2) is 0 Å². The Morgan fingerprint density at radius 2 is 1.88 bits per heavy atom. The molecule has 166 valence electrons. The van der Waals surface area contributed by atoms with E-state index >= 15 is 0 Å². The fourth-order valence-corrected chi connectivity index (χ4v) is 4.35. The summed E-state index contributed by atoms with van der Waals surface area (Å²) in [5, 5.41) is 5.18. The third-order valence-electron chi connectivity index (χ3n) is 6.12. The Hall–Kier alpha value is -3.38. The van der Waals surface area contributed by atoms with Gasteiger partial charge in [-0.15, -0.1) is 0 Å². The Kier molecular flexibility index (Phi) is 6.42. The first-order valence-electron chi connectivity index (χ1n) is 10.8. The molecule has 1 heterocycles. The molecule has 0 bridgehead atoms. The number of rotatable bonds is 7. The van der Waals surface area contributed by atoms with E-state index in [1.54, 1.807) is 12.0 Å². The highest BCUT2D eigenvalue weighted by Crippen LogP contribution is 2.32. The van der Waals surface area contributed by atoms with Crippen LogP contribution in [-0.4, -0.2) is 51.0 Å². The second kappa shape index (κ2) is 9.40. The molecular weight excluding hydrogens is 402 g/mol. The molecular formula is C26H29N3O3. The van der Waals surface area contributed by atoms with Crippen LogP contribution in [0.5, 0.6) is 5.75 Å². The number of benzene rings is 3. The first-order valence-corrected chi connectivity index (χ1v) is 10.8. The third kappa shape index (κ3) is 4.46. The number of carbonyl (C=O) groups is 2. The van der Waals surface area contributed by atoms with E-state index in [1.807, 2.05) is 80.8 Å². The van der Waals surface area contributed by atoms with Gasteiger partial charge in [-0.2, -0.15) is 0 Å². The molecule has 0 saturated carbocycles. The van der Waals surface area contributed by atoms with Crippen LogP contribution in [0.25, 0.3) is 10.8 Å². The summed E-state index contributed by atoms with van der Waals surface area (Å²) >= 11 is 0. The largest absolute Gasteiger partial charge is 0.497 e. The van der Waals surface area contributed by atoms with Crippen LogP contribution in [0, 0.1) is 5.92 Å². The molecule has 1 saturated heterocycles. The van der Waals surface area contributed by atoms with Crippen molar-refractivity contribution in [1.82, 2.24) is 10.2 Å². The minimum absolute atomic E-state index is 0.000301. The van der Waals surface area contributed by atoms with Crippen molar-refractivity contribution < 1.29 is 14.3 Å². The lowest BCUT2D eigenvalue weighted by Crippen LogP contribution is -2.38. The number of methoxy groups -OCH3 is 1. The number of fused-ring (bicyclic) bond motifs is 1. The molecule has 1 fully saturated rings. The van der Waals surface area contributed by atoms with Gasteiger partial charge in [0.25, 0.3) is 0 Å². The first kappa shape index (κ1) is 21.8. The second-order valence-electron chi connectivity index (χ2n) is 8.40. The Morgan fingerprint density at radius 1 is 1.12 bits per heavy atom. The van der Waals surface area contributed by atoms with Crippen molar-refractivity contribution in [2.24, 2.45) is 5.92 Å². The van der Waals surface area contributed by atoms with Crippen molar-refractivity contribution in [3.05, 3.63) is 72.3 Å². The number of ether oxygens (including phenoxy) is 1. The van der Waals surface area contributed by atoms with Gasteiger partial charge < -0.3 is 19.9 Å². The van der Waals surface area contributed by atoms with Crippen molar-refractivity contribution >= 4 is 28.3 Å². The van der Waals surface area contributed by atoms with Gasteiger partial charge in [-0.1, -0.05) is 48.5 Å². The molecule has 1 aliphatic rings. The Balaban J connectivity index is 1.45. The lowest BCUT2D eigenvalue weighted by molar-refractivity contribution is -0.126. The maximum atomic E-state index is 13.0. The monoisotopic (exact) mass is 431 g/mol. The molecule has 1 N–H and O–H groups in total. The van der Waals surface area contributed by atoms with E-state index in [9.17, 15) is 9.59 Å². The number of hydrogen-bond acceptors (Lipinski definition) is 4. The normalized spacial score (nSPS) is 17.1. The second-order valence-corrected chi connectivity index (χ2v) is 8.40. The van der Waals surface area contributed by atoms with Gasteiger partial charge in [0, 0.05) is 24.9 Å². The molecule has 2 atom stereocenters. The zero-order valence-electron chi connectivity index (χ0n) is 18.7. The summed E-state index contributed by atoms with van der Waals surface area (Å²) in [7, 11) is 5.61. The highest BCUT2D eigenvalue weighted by molar-refractivity contribution is 6.06. The van der Waals surface area contributed by atoms with Crippen LogP contribution in [-0.2, 0) is 9.59 Å². The molecule has 2 amide bonds. The number of hydrogen-bond donors (Lipinski definition) is 1. The van der Waals surface area contributed by atoms with Crippen molar-refractivity contribution in [2.75, 3.05) is 39.2 Å². The van der Waals surface area contributed by atoms with Gasteiger partial charge in [0.2, 0.25) is 11.8 Å². The topological polar surface area (TPSA) is 61.9 Å². The molecule has 0 radical (unpaired) electrons. The lowest BCUT2D eigenvalue weighted by Gasteiger charge is -2.26. The third-order valence-corrected chi connectivity index (χ3v) is 6.12. The summed E-state index contributed by atoms with van der Waals surface area (Å²) in [5.74, 6) is 0.316. The number of nitrogens with one attached hydrogen (secondary N) is 1. The maximum Gasteiger partial charge on any atom is 0.227 e. The average molecular weight is 432 g/mol. The van der Waals surface area contributed by atoms with Gasteiger partial charge in [0.1, 0.15) is 5.75 Å². The van der Waals surface area contributed by atoms with Crippen LogP contribution in [0.15, 0.2) is 66.7 Å². The van der Waals surface area contributed by atoms with E-state index in [0.717, 1.165) is 27.8 Å². The van der Waals surface area contributed by atoms with Crippen LogP contribution in [0.4, 0.5) is 5.69 Å². The number of amides is 2. The zero-order chi connectivity index (χ0) is 22.7. The van der Waals surface area contributed by atoms with Gasteiger partial charge in [-0.25, -0.2) is 0 Å². The molecule has 0 spiro atoms. The van der Waals surface area contributed by atoms with Crippen LogP contribution in [0.3, 0.4) is 0 Å². The van der Waals surface area contributed by atoms with Crippen LogP contribution < -0.4 is 15.0 Å². The summed E-state index contributed by atoms with van der Waals surface area (Å²) in [6.45, 7) is 0.850. The van der Waals surface area contributed by atoms with Gasteiger partial charge in [0.05, 0.1) is 24.8 Å². The highest BCUT2D eigenvalue weighted by Gasteiger charge is 2.36. The molecule has 6 heteroatoms. The van der Waals surface area contributed by atoms with E-state index in [4.69, 9.17) is 4.74 Å². The van der Waals surface area contributed by atoms with Gasteiger partial charge in [-0.05, 0) is 43.2 Å². The van der Waals surface area contributed by atoms with Crippen LogP contribution in [0.1, 0.15) is 18.0 Å². The SMILES string of the molecule is COc1cccc(C(CNC(=O)C2CC(=O)N(c3cccc4ccccc34)C2)N(C)C)c1. The number of carbonyl (C=O) groups excluding carboxylic acids is 2. The van der Waals surface area contributed by atoms with E-state index in [2.05, 4.69) is 10.2 Å². The molecule has 1 aliphatic heterocycles. The minimum Gasteiger partial charge on any atom is -0.497 e. The van der Waals surface area contributed by atoms with E-state index in [-0.39, 0.29) is 30.2 Å². The molecule has 3 aromatic carbocycles. The lowest BCUT2D eigenvalue weighted by atomic mass is 10.0. The highest BCUT2D eigenvalue weighted by atomic mass is 16.5. The van der Waals surface area contributed by atoms with Gasteiger partial charge >= 0.3 is 0 Å². The molecule has 0 aromatic heterocycles. The molecule has 2 unspecified atom stereocenters. The minimum atomic E-state index is -0.366. The number of anilines is 1.